The van der Waals surface area contributed by atoms with E-state index in [0.717, 1.165) is 18.4 Å². The molecule has 0 unspecified atom stereocenters. The van der Waals surface area contributed by atoms with E-state index in [1.807, 2.05) is 0 Å². The Morgan fingerprint density at radius 3 is 2.55 bits per heavy atom. The Labute approximate surface area is 219 Å². The topological polar surface area (TPSA) is 107 Å². The summed E-state index contributed by atoms with van der Waals surface area (Å²) in [5, 5.41) is 2.65. The maximum atomic E-state index is 12.9. The summed E-state index contributed by atoms with van der Waals surface area (Å²) in [7, 11) is 0. The van der Waals surface area contributed by atoms with Gasteiger partial charge in [-0.2, -0.15) is 8.78 Å². The molecule has 1 saturated carbocycles. The van der Waals surface area contributed by atoms with Gasteiger partial charge in [-0.1, -0.05) is 6.07 Å². The molecule has 38 heavy (non-hydrogen) atoms. The Morgan fingerprint density at radius 2 is 1.92 bits per heavy atom. The van der Waals surface area contributed by atoms with Crippen LogP contribution in [-0.4, -0.2) is 66.6 Å². The van der Waals surface area contributed by atoms with Crippen molar-refractivity contribution in [2.24, 2.45) is 5.92 Å². The average molecular weight is 532 g/mol. The number of esters is 1. The molecule has 0 bridgehead atoms. The Hall–Kier alpha value is -3.76. The highest BCUT2D eigenvalue weighted by Gasteiger charge is 2.36. The van der Waals surface area contributed by atoms with Crippen molar-refractivity contribution < 1.29 is 37.4 Å². The number of nitrogens with one attached hydrogen (secondary N) is 1. The van der Waals surface area contributed by atoms with Crippen LogP contribution in [0.3, 0.4) is 0 Å². The van der Waals surface area contributed by atoms with E-state index in [4.69, 9.17) is 9.47 Å². The van der Waals surface area contributed by atoms with Crippen LogP contribution in [0, 0.1) is 5.92 Å². The van der Waals surface area contributed by atoms with E-state index in [1.165, 1.54) is 31.3 Å². The standard InChI is InChI=1S/C27H31F2N3O6/c1-3-30-25(34)19-6-8-22(31-12-19)26(35)37-15-21-10-20(13-32(21)16(2)33)18-7-9-23(38-27(28)29)24(11-18)36-14-17-4-5-17/h6-9,11-12,17,20-21,27H,3-5,10,13-15H2,1-2H3,(H,30,34)/t20-,21-/m1/s1. The zero-order valence-corrected chi connectivity index (χ0v) is 21.3. The van der Waals surface area contributed by atoms with Gasteiger partial charge in [-0.3, -0.25) is 9.59 Å². The fraction of sp³-hybridized carbons (Fsp3) is 0.481. The molecule has 1 aliphatic carbocycles. The molecule has 11 heteroatoms. The van der Waals surface area contributed by atoms with Crippen molar-refractivity contribution in [3.05, 3.63) is 53.3 Å². The second-order valence-electron chi connectivity index (χ2n) is 9.49. The summed E-state index contributed by atoms with van der Waals surface area (Å²) in [4.78, 5) is 42.4. The lowest BCUT2D eigenvalue weighted by Crippen LogP contribution is -2.37. The SMILES string of the molecule is CCNC(=O)c1ccc(C(=O)OC[C@H]2C[C@@H](c3ccc(OC(F)F)c(OCC4CC4)c3)CN2C(C)=O)nc1. The minimum Gasteiger partial charge on any atom is -0.489 e. The van der Waals surface area contributed by atoms with E-state index >= 15 is 0 Å². The third kappa shape index (κ3) is 6.96. The van der Waals surface area contributed by atoms with Crippen molar-refractivity contribution >= 4 is 17.8 Å². The monoisotopic (exact) mass is 531 g/mol. The zero-order chi connectivity index (χ0) is 27.2. The molecule has 0 spiro atoms. The van der Waals surface area contributed by atoms with Crippen molar-refractivity contribution in [2.45, 2.75) is 51.7 Å². The van der Waals surface area contributed by atoms with E-state index in [0.29, 0.717) is 37.6 Å². The lowest BCUT2D eigenvalue weighted by molar-refractivity contribution is -0.130. The van der Waals surface area contributed by atoms with E-state index in [-0.39, 0.29) is 47.6 Å². The van der Waals surface area contributed by atoms with Gasteiger partial charge in [0.15, 0.2) is 11.5 Å². The number of amides is 2. The molecule has 0 radical (unpaired) electrons. The summed E-state index contributed by atoms with van der Waals surface area (Å²) < 4.78 is 41.6. The molecule has 1 aromatic carbocycles. The van der Waals surface area contributed by atoms with Crippen LogP contribution in [0.5, 0.6) is 11.5 Å². The number of ether oxygens (including phenoxy) is 3. The van der Waals surface area contributed by atoms with Gasteiger partial charge in [-0.25, -0.2) is 9.78 Å². The number of nitrogens with zero attached hydrogens (tertiary/aromatic N) is 2. The van der Waals surface area contributed by atoms with Crippen molar-refractivity contribution in [3.63, 3.8) is 0 Å². The largest absolute Gasteiger partial charge is 0.489 e. The van der Waals surface area contributed by atoms with Gasteiger partial charge in [-0.05, 0) is 61.9 Å². The Kier molecular flexibility index (Phi) is 8.75. The van der Waals surface area contributed by atoms with E-state index in [2.05, 4.69) is 15.0 Å². The van der Waals surface area contributed by atoms with Gasteiger partial charge in [0.1, 0.15) is 12.3 Å². The number of aromatic nitrogens is 1. The second kappa shape index (κ2) is 12.2. The third-order valence-corrected chi connectivity index (χ3v) is 6.62. The zero-order valence-electron chi connectivity index (χ0n) is 21.3. The molecule has 4 rings (SSSR count). The number of halogens is 2. The van der Waals surface area contributed by atoms with Crippen LogP contribution in [-0.2, 0) is 9.53 Å². The van der Waals surface area contributed by atoms with Crippen molar-refractivity contribution in [1.82, 2.24) is 15.2 Å². The minimum atomic E-state index is -2.97. The van der Waals surface area contributed by atoms with Crippen LogP contribution in [0.1, 0.15) is 65.4 Å². The number of carbonyl (C=O) groups excluding carboxylic acids is 3. The highest BCUT2D eigenvalue weighted by Crippen LogP contribution is 2.39. The smallest absolute Gasteiger partial charge is 0.387 e. The quantitative estimate of drug-likeness (QED) is 0.440. The number of alkyl halides is 2. The van der Waals surface area contributed by atoms with Gasteiger partial charge in [0, 0.05) is 32.1 Å². The highest BCUT2D eigenvalue weighted by atomic mass is 19.3. The highest BCUT2D eigenvalue weighted by molar-refractivity contribution is 5.95. The Morgan fingerprint density at radius 1 is 1.13 bits per heavy atom. The summed E-state index contributed by atoms with van der Waals surface area (Å²) >= 11 is 0. The minimum absolute atomic E-state index is 0.0259. The molecule has 2 aromatic rings. The van der Waals surface area contributed by atoms with E-state index in [1.54, 1.807) is 24.0 Å². The molecule has 2 heterocycles. The number of benzene rings is 1. The molecule has 1 N–H and O–H groups in total. The summed E-state index contributed by atoms with van der Waals surface area (Å²) in [5.74, 6) is -0.576. The maximum absolute atomic E-state index is 12.9. The van der Waals surface area contributed by atoms with Crippen molar-refractivity contribution in [1.29, 1.82) is 0 Å². The van der Waals surface area contributed by atoms with Gasteiger partial charge < -0.3 is 24.4 Å². The molecule has 1 aliphatic heterocycles. The molecular weight excluding hydrogens is 500 g/mol. The predicted octanol–water partition coefficient (Wildman–Crippen LogP) is 3.78. The first-order valence-electron chi connectivity index (χ1n) is 12.6. The van der Waals surface area contributed by atoms with Crippen LogP contribution in [0.25, 0.3) is 0 Å². The van der Waals surface area contributed by atoms with Crippen molar-refractivity contribution in [2.75, 3.05) is 26.3 Å². The molecule has 2 atom stereocenters. The molecule has 9 nitrogen and oxygen atoms in total. The van der Waals surface area contributed by atoms with Gasteiger partial charge in [0.2, 0.25) is 5.91 Å². The van der Waals surface area contributed by atoms with Crippen LogP contribution in [0.4, 0.5) is 8.78 Å². The van der Waals surface area contributed by atoms with Gasteiger partial charge in [0.05, 0.1) is 18.2 Å². The molecule has 2 aliphatic rings. The van der Waals surface area contributed by atoms with Crippen LogP contribution < -0.4 is 14.8 Å². The van der Waals surface area contributed by atoms with Gasteiger partial charge >= 0.3 is 12.6 Å². The van der Waals surface area contributed by atoms with Crippen LogP contribution in [0.15, 0.2) is 36.5 Å². The molecule has 2 amide bonds. The lowest BCUT2D eigenvalue weighted by Gasteiger charge is -2.22. The molecule has 1 aromatic heterocycles. The molecule has 2 fully saturated rings. The van der Waals surface area contributed by atoms with Gasteiger partial charge in [0.25, 0.3) is 5.91 Å². The van der Waals surface area contributed by atoms with E-state index in [9.17, 15) is 23.2 Å². The van der Waals surface area contributed by atoms with E-state index < -0.39 is 12.6 Å². The molecule has 1 saturated heterocycles. The number of hydrogen-bond acceptors (Lipinski definition) is 7. The predicted molar refractivity (Wildman–Crippen MR) is 132 cm³/mol. The summed E-state index contributed by atoms with van der Waals surface area (Å²) in [6.07, 6.45) is 3.91. The summed E-state index contributed by atoms with van der Waals surface area (Å²) in [5.41, 5.74) is 1.20. The maximum Gasteiger partial charge on any atom is 0.387 e. The first-order valence-corrected chi connectivity index (χ1v) is 12.6. The fourth-order valence-corrected chi connectivity index (χ4v) is 4.44. The molecule has 204 valence electrons. The Bertz CT molecular complexity index is 1160. The number of carbonyl (C=O) groups is 3. The number of hydrogen-bond donors (Lipinski definition) is 1. The van der Waals surface area contributed by atoms with Crippen molar-refractivity contribution in [3.8, 4) is 11.5 Å². The number of pyridine rings is 1. The van der Waals surface area contributed by atoms with Gasteiger partial charge in [-0.15, -0.1) is 0 Å². The fourth-order valence-electron chi connectivity index (χ4n) is 4.44. The third-order valence-electron chi connectivity index (χ3n) is 6.62. The average Bonchev–Trinajstić information content (AvgIpc) is 3.62. The second-order valence-corrected chi connectivity index (χ2v) is 9.49. The summed E-state index contributed by atoms with van der Waals surface area (Å²) in [6, 6.07) is 7.39. The number of likely N-dealkylation sites (tertiary alicyclic amines) is 1. The van der Waals surface area contributed by atoms with Crippen LogP contribution in [0.2, 0.25) is 0 Å². The Balaban J connectivity index is 1.41. The molecular formula is C27H31F2N3O6. The lowest BCUT2D eigenvalue weighted by atomic mass is 9.96. The first-order chi connectivity index (χ1) is 18.2. The normalized spacial score (nSPS) is 18.8. The first kappa shape index (κ1) is 27.3. The van der Waals surface area contributed by atoms with Crippen LogP contribution >= 0.6 is 0 Å². The number of rotatable bonds is 11. The summed E-state index contributed by atoms with van der Waals surface area (Å²) in [6.45, 7) is 1.53.